The Bertz CT molecular complexity index is 133. The second-order valence-corrected chi connectivity index (χ2v) is 2.96. The second kappa shape index (κ2) is 5.83. The van der Waals surface area contributed by atoms with E-state index in [4.69, 9.17) is 4.74 Å². The number of nitrogens with zero attached hydrogens (tertiary/aromatic N) is 3. The molecular formula is C8H19N3O. The second-order valence-electron chi connectivity index (χ2n) is 2.96. The van der Waals surface area contributed by atoms with Crippen molar-refractivity contribution in [1.82, 2.24) is 9.80 Å². The van der Waals surface area contributed by atoms with E-state index in [2.05, 4.69) is 4.99 Å². The van der Waals surface area contributed by atoms with Gasteiger partial charge in [0.1, 0.15) is 0 Å². The average molecular weight is 173 g/mol. The van der Waals surface area contributed by atoms with Gasteiger partial charge in [-0.25, -0.2) is 0 Å². The maximum atomic E-state index is 4.91. The lowest BCUT2D eigenvalue weighted by atomic mass is 10.6. The third kappa shape index (κ3) is 4.18. The van der Waals surface area contributed by atoms with Crippen LogP contribution in [0.5, 0.6) is 0 Å². The Hall–Kier alpha value is -0.770. The van der Waals surface area contributed by atoms with Crippen LogP contribution in [0.25, 0.3) is 0 Å². The summed E-state index contributed by atoms with van der Waals surface area (Å²) in [4.78, 5) is 8.32. The third-order valence-electron chi connectivity index (χ3n) is 1.35. The minimum absolute atomic E-state index is 0.672. The molecule has 0 aliphatic heterocycles. The molecule has 4 heteroatoms. The Morgan fingerprint density at radius 3 is 2.00 bits per heavy atom. The van der Waals surface area contributed by atoms with Crippen LogP contribution >= 0.6 is 0 Å². The van der Waals surface area contributed by atoms with E-state index in [0.717, 1.165) is 5.96 Å². The van der Waals surface area contributed by atoms with E-state index >= 15 is 0 Å². The van der Waals surface area contributed by atoms with Crippen LogP contribution in [0.1, 0.15) is 0 Å². The van der Waals surface area contributed by atoms with Crippen molar-refractivity contribution in [3.8, 4) is 0 Å². The summed E-state index contributed by atoms with van der Waals surface area (Å²) in [5.41, 5.74) is 0. The fourth-order valence-corrected chi connectivity index (χ4v) is 0.920. The number of ether oxygens (including phenoxy) is 1. The van der Waals surface area contributed by atoms with Gasteiger partial charge in [-0.1, -0.05) is 0 Å². The summed E-state index contributed by atoms with van der Waals surface area (Å²) in [5.74, 6) is 0.965. The summed E-state index contributed by atoms with van der Waals surface area (Å²) in [6.45, 7) is 1.38. The van der Waals surface area contributed by atoms with Crippen LogP contribution in [0, 0.1) is 0 Å². The zero-order chi connectivity index (χ0) is 9.56. The van der Waals surface area contributed by atoms with E-state index in [1.54, 1.807) is 7.11 Å². The standard InChI is InChI=1S/C8H19N3O/c1-10(2)8(11(3)4)9-6-7-12-5/h6-7H2,1-5H3. The van der Waals surface area contributed by atoms with E-state index in [0.29, 0.717) is 13.2 Å². The first-order valence-electron chi connectivity index (χ1n) is 3.97. The van der Waals surface area contributed by atoms with E-state index in [-0.39, 0.29) is 0 Å². The van der Waals surface area contributed by atoms with Crippen molar-refractivity contribution >= 4 is 5.96 Å². The fourth-order valence-electron chi connectivity index (χ4n) is 0.920. The molecule has 72 valence electrons. The van der Waals surface area contributed by atoms with Gasteiger partial charge >= 0.3 is 0 Å². The van der Waals surface area contributed by atoms with Gasteiger partial charge in [0.15, 0.2) is 5.96 Å². The Morgan fingerprint density at radius 2 is 1.67 bits per heavy atom. The van der Waals surface area contributed by atoms with E-state index in [1.807, 2.05) is 38.0 Å². The smallest absolute Gasteiger partial charge is 0.195 e. The normalized spacial score (nSPS) is 9.42. The summed E-state index contributed by atoms with van der Waals surface area (Å²) >= 11 is 0. The highest BCUT2D eigenvalue weighted by atomic mass is 16.5. The summed E-state index contributed by atoms with van der Waals surface area (Å²) in [6.07, 6.45) is 0. The Balaban J connectivity index is 4.00. The summed E-state index contributed by atoms with van der Waals surface area (Å²) in [6, 6.07) is 0. The molecule has 0 spiro atoms. The van der Waals surface area contributed by atoms with Crippen molar-refractivity contribution in [1.29, 1.82) is 0 Å². The van der Waals surface area contributed by atoms with Gasteiger partial charge in [0, 0.05) is 35.3 Å². The van der Waals surface area contributed by atoms with E-state index < -0.39 is 0 Å². The first-order valence-corrected chi connectivity index (χ1v) is 3.97. The van der Waals surface area contributed by atoms with Crippen molar-refractivity contribution in [3.05, 3.63) is 0 Å². The van der Waals surface area contributed by atoms with Crippen molar-refractivity contribution in [2.75, 3.05) is 48.5 Å². The summed E-state index contributed by atoms with van der Waals surface area (Å²) in [7, 11) is 9.59. The molecular weight excluding hydrogens is 154 g/mol. The summed E-state index contributed by atoms with van der Waals surface area (Å²) in [5, 5.41) is 0. The lowest BCUT2D eigenvalue weighted by Crippen LogP contribution is -2.35. The molecule has 0 aromatic carbocycles. The quantitative estimate of drug-likeness (QED) is 0.344. The number of guanidine groups is 1. The highest BCUT2D eigenvalue weighted by Crippen LogP contribution is 1.88. The van der Waals surface area contributed by atoms with Crippen LogP contribution in [0.4, 0.5) is 0 Å². The zero-order valence-electron chi connectivity index (χ0n) is 8.66. The van der Waals surface area contributed by atoms with Crippen molar-refractivity contribution < 1.29 is 4.74 Å². The number of hydrogen-bond acceptors (Lipinski definition) is 2. The van der Waals surface area contributed by atoms with Gasteiger partial charge in [0.25, 0.3) is 0 Å². The Labute approximate surface area is 74.8 Å². The number of methoxy groups -OCH3 is 1. The number of hydrogen-bond donors (Lipinski definition) is 0. The minimum Gasteiger partial charge on any atom is -0.383 e. The van der Waals surface area contributed by atoms with Gasteiger partial charge in [-0.05, 0) is 0 Å². The fraction of sp³-hybridized carbons (Fsp3) is 0.875. The molecule has 0 bridgehead atoms. The SMILES string of the molecule is COCCN=C(N(C)C)N(C)C. The van der Waals surface area contributed by atoms with Gasteiger partial charge in [-0.3, -0.25) is 4.99 Å². The topological polar surface area (TPSA) is 28.1 Å². The third-order valence-corrected chi connectivity index (χ3v) is 1.35. The van der Waals surface area contributed by atoms with Crippen LogP contribution in [0.2, 0.25) is 0 Å². The first-order chi connectivity index (χ1) is 5.59. The van der Waals surface area contributed by atoms with Gasteiger partial charge < -0.3 is 14.5 Å². The molecule has 0 aromatic rings. The molecule has 0 saturated heterocycles. The van der Waals surface area contributed by atoms with Crippen LogP contribution in [0.3, 0.4) is 0 Å². The van der Waals surface area contributed by atoms with Crippen LogP contribution in [0.15, 0.2) is 4.99 Å². The zero-order valence-corrected chi connectivity index (χ0v) is 8.66. The first kappa shape index (κ1) is 11.2. The van der Waals surface area contributed by atoms with Crippen molar-refractivity contribution in [2.24, 2.45) is 4.99 Å². The molecule has 0 aliphatic carbocycles. The molecule has 4 nitrogen and oxygen atoms in total. The van der Waals surface area contributed by atoms with E-state index in [9.17, 15) is 0 Å². The molecule has 0 unspecified atom stereocenters. The molecule has 0 aliphatic rings. The molecule has 0 heterocycles. The number of rotatable bonds is 3. The molecule has 0 radical (unpaired) electrons. The Kier molecular flexibility index (Phi) is 5.45. The van der Waals surface area contributed by atoms with Crippen molar-refractivity contribution in [3.63, 3.8) is 0 Å². The molecule has 0 atom stereocenters. The average Bonchev–Trinajstić information content (AvgIpc) is 1.96. The predicted molar refractivity (Wildman–Crippen MR) is 51.6 cm³/mol. The lowest BCUT2D eigenvalue weighted by molar-refractivity contribution is 0.207. The molecule has 12 heavy (non-hydrogen) atoms. The Morgan fingerprint density at radius 1 is 1.17 bits per heavy atom. The lowest BCUT2D eigenvalue weighted by Gasteiger charge is -2.22. The van der Waals surface area contributed by atoms with Gasteiger partial charge in [-0.15, -0.1) is 0 Å². The summed E-state index contributed by atoms with van der Waals surface area (Å²) < 4.78 is 4.91. The molecule has 0 N–H and O–H groups in total. The van der Waals surface area contributed by atoms with Gasteiger partial charge in [0.05, 0.1) is 13.2 Å². The molecule has 0 aromatic heterocycles. The largest absolute Gasteiger partial charge is 0.383 e. The number of aliphatic imine (C=N–C) groups is 1. The predicted octanol–water partition coefficient (Wildman–Crippen LogP) is 0.112. The molecule has 0 amide bonds. The van der Waals surface area contributed by atoms with E-state index in [1.165, 1.54) is 0 Å². The van der Waals surface area contributed by atoms with Crippen LogP contribution in [-0.2, 0) is 4.74 Å². The highest BCUT2D eigenvalue weighted by molar-refractivity contribution is 5.79. The molecule has 0 fully saturated rings. The van der Waals surface area contributed by atoms with Gasteiger partial charge in [0.2, 0.25) is 0 Å². The molecule has 0 saturated carbocycles. The maximum Gasteiger partial charge on any atom is 0.195 e. The monoisotopic (exact) mass is 173 g/mol. The maximum absolute atomic E-state index is 4.91. The van der Waals surface area contributed by atoms with Crippen LogP contribution < -0.4 is 0 Å². The van der Waals surface area contributed by atoms with Crippen molar-refractivity contribution in [2.45, 2.75) is 0 Å². The van der Waals surface area contributed by atoms with Crippen LogP contribution in [-0.4, -0.2) is 64.2 Å². The molecule has 0 rings (SSSR count). The minimum atomic E-state index is 0.672. The van der Waals surface area contributed by atoms with Gasteiger partial charge in [-0.2, -0.15) is 0 Å². The highest BCUT2D eigenvalue weighted by Gasteiger charge is 2.02.